The summed E-state index contributed by atoms with van der Waals surface area (Å²) in [6, 6.07) is 0. The van der Waals surface area contributed by atoms with E-state index in [2.05, 4.69) is 6.92 Å². The molecule has 0 radical (unpaired) electrons. The molecule has 0 amide bonds. The van der Waals surface area contributed by atoms with Crippen LogP contribution < -0.4 is 0 Å². The Morgan fingerprint density at radius 1 is 1.00 bits per heavy atom. The lowest BCUT2D eigenvalue weighted by molar-refractivity contribution is 0.220. The van der Waals surface area contributed by atoms with E-state index in [0.717, 1.165) is 17.8 Å². The third-order valence-corrected chi connectivity index (χ3v) is 4.14. The maximum absolute atomic E-state index is 2.34. The Morgan fingerprint density at radius 3 is 2.67 bits per heavy atom. The van der Waals surface area contributed by atoms with Crippen LogP contribution in [0.15, 0.2) is 0 Å². The first kappa shape index (κ1) is 8.59. The summed E-state index contributed by atoms with van der Waals surface area (Å²) in [7, 11) is 0. The van der Waals surface area contributed by atoms with Crippen LogP contribution in [-0.2, 0) is 0 Å². The molecular formula is C12H22. The molecule has 0 aliphatic heterocycles. The Bertz CT molecular complexity index is 139. The highest BCUT2D eigenvalue weighted by Crippen LogP contribution is 2.47. The summed E-state index contributed by atoms with van der Waals surface area (Å²) in [5.74, 6) is 3.43. The quantitative estimate of drug-likeness (QED) is 0.581. The van der Waals surface area contributed by atoms with Gasteiger partial charge in [0.15, 0.2) is 0 Å². The van der Waals surface area contributed by atoms with Gasteiger partial charge in [0, 0.05) is 0 Å². The van der Waals surface area contributed by atoms with E-state index in [-0.39, 0.29) is 0 Å². The second kappa shape index (κ2) is 3.81. The van der Waals surface area contributed by atoms with Gasteiger partial charge in [-0.3, -0.25) is 0 Å². The molecule has 0 aromatic rings. The maximum Gasteiger partial charge on any atom is -0.0357 e. The third kappa shape index (κ3) is 1.53. The van der Waals surface area contributed by atoms with Crippen LogP contribution in [0.4, 0.5) is 0 Å². The van der Waals surface area contributed by atoms with Crippen LogP contribution in [0.3, 0.4) is 0 Å². The largest absolute Gasteiger partial charge is 0.0654 e. The highest BCUT2D eigenvalue weighted by molar-refractivity contribution is 4.87. The van der Waals surface area contributed by atoms with Gasteiger partial charge >= 0.3 is 0 Å². The van der Waals surface area contributed by atoms with Crippen molar-refractivity contribution >= 4 is 0 Å². The fraction of sp³-hybridized carbons (Fsp3) is 1.00. The summed E-state index contributed by atoms with van der Waals surface area (Å²) in [4.78, 5) is 0. The number of fused-ring (bicyclic) bond motifs is 1. The van der Waals surface area contributed by atoms with Crippen LogP contribution in [0.2, 0.25) is 0 Å². The lowest BCUT2D eigenvalue weighted by atomic mass is 9.77. The van der Waals surface area contributed by atoms with Gasteiger partial charge < -0.3 is 0 Å². The highest BCUT2D eigenvalue weighted by atomic mass is 14.4. The number of hydrogen-bond acceptors (Lipinski definition) is 0. The number of rotatable bonds is 2. The summed E-state index contributed by atoms with van der Waals surface area (Å²) < 4.78 is 0. The first-order chi connectivity index (χ1) is 5.92. The van der Waals surface area contributed by atoms with E-state index in [1.54, 1.807) is 25.7 Å². The Labute approximate surface area is 76.7 Å². The van der Waals surface area contributed by atoms with Crippen molar-refractivity contribution in [1.82, 2.24) is 0 Å². The zero-order valence-electron chi connectivity index (χ0n) is 8.39. The van der Waals surface area contributed by atoms with E-state index in [0.29, 0.717) is 0 Å². The third-order valence-electron chi connectivity index (χ3n) is 4.14. The van der Waals surface area contributed by atoms with Gasteiger partial charge in [-0.25, -0.2) is 0 Å². The molecule has 0 aromatic heterocycles. The normalized spacial score (nSPS) is 41.2. The van der Waals surface area contributed by atoms with Gasteiger partial charge in [0.1, 0.15) is 0 Å². The van der Waals surface area contributed by atoms with Gasteiger partial charge in [-0.2, -0.15) is 0 Å². The maximum atomic E-state index is 2.34. The molecule has 0 nitrogen and oxygen atoms in total. The molecule has 12 heavy (non-hydrogen) atoms. The standard InChI is InChI=1S/C12H22/c1-2-5-10-8-9-11-6-3-4-7-12(10)11/h10-12H,2-9H2,1H3. The summed E-state index contributed by atoms with van der Waals surface area (Å²) in [5, 5.41) is 0. The van der Waals surface area contributed by atoms with Crippen molar-refractivity contribution in [3.8, 4) is 0 Å². The van der Waals surface area contributed by atoms with Crippen LogP contribution in [-0.4, -0.2) is 0 Å². The molecule has 2 rings (SSSR count). The summed E-state index contributed by atoms with van der Waals surface area (Å²) in [6.45, 7) is 2.34. The van der Waals surface area contributed by atoms with E-state index in [4.69, 9.17) is 0 Å². The second-order valence-electron chi connectivity index (χ2n) is 4.83. The van der Waals surface area contributed by atoms with Crippen molar-refractivity contribution in [3.63, 3.8) is 0 Å². The Hall–Kier alpha value is 0. The molecule has 0 bridgehead atoms. The van der Waals surface area contributed by atoms with Crippen molar-refractivity contribution in [1.29, 1.82) is 0 Å². The van der Waals surface area contributed by atoms with Crippen molar-refractivity contribution in [2.75, 3.05) is 0 Å². The van der Waals surface area contributed by atoms with Gasteiger partial charge in [0.25, 0.3) is 0 Å². The minimum Gasteiger partial charge on any atom is -0.0654 e. The summed E-state index contributed by atoms with van der Waals surface area (Å²) in [6.07, 6.45) is 12.2. The molecule has 0 heteroatoms. The summed E-state index contributed by atoms with van der Waals surface area (Å²) >= 11 is 0. The zero-order valence-corrected chi connectivity index (χ0v) is 8.39. The Balaban J connectivity index is 1.92. The van der Waals surface area contributed by atoms with Crippen LogP contribution in [0.5, 0.6) is 0 Å². The smallest absolute Gasteiger partial charge is 0.0357 e. The van der Waals surface area contributed by atoms with Crippen molar-refractivity contribution < 1.29 is 0 Å². The van der Waals surface area contributed by atoms with E-state index < -0.39 is 0 Å². The molecule has 2 aliphatic rings. The molecule has 0 saturated heterocycles. The van der Waals surface area contributed by atoms with Crippen molar-refractivity contribution in [2.45, 2.75) is 58.3 Å². The topological polar surface area (TPSA) is 0 Å². The van der Waals surface area contributed by atoms with Crippen LogP contribution in [0.25, 0.3) is 0 Å². The van der Waals surface area contributed by atoms with Gasteiger partial charge in [-0.1, -0.05) is 39.0 Å². The molecule has 2 fully saturated rings. The highest BCUT2D eigenvalue weighted by Gasteiger charge is 2.36. The first-order valence-electron chi connectivity index (χ1n) is 5.92. The average Bonchev–Trinajstić information content (AvgIpc) is 2.50. The second-order valence-corrected chi connectivity index (χ2v) is 4.83. The predicted molar refractivity (Wildman–Crippen MR) is 53.1 cm³/mol. The average molecular weight is 166 g/mol. The van der Waals surface area contributed by atoms with E-state index in [1.807, 2.05) is 0 Å². The van der Waals surface area contributed by atoms with Crippen molar-refractivity contribution in [3.05, 3.63) is 0 Å². The van der Waals surface area contributed by atoms with Gasteiger partial charge in [0.2, 0.25) is 0 Å². The van der Waals surface area contributed by atoms with Gasteiger partial charge in [0.05, 0.1) is 0 Å². The molecule has 3 atom stereocenters. The van der Waals surface area contributed by atoms with E-state index in [1.165, 1.54) is 25.7 Å². The Kier molecular flexibility index (Phi) is 2.73. The summed E-state index contributed by atoms with van der Waals surface area (Å²) in [5.41, 5.74) is 0. The monoisotopic (exact) mass is 166 g/mol. The van der Waals surface area contributed by atoms with E-state index in [9.17, 15) is 0 Å². The fourth-order valence-corrected chi connectivity index (χ4v) is 3.59. The van der Waals surface area contributed by atoms with Crippen LogP contribution in [0.1, 0.15) is 58.3 Å². The Morgan fingerprint density at radius 2 is 1.83 bits per heavy atom. The molecule has 0 aromatic carbocycles. The molecule has 0 spiro atoms. The fourth-order valence-electron chi connectivity index (χ4n) is 3.59. The molecular weight excluding hydrogens is 144 g/mol. The molecule has 3 unspecified atom stereocenters. The number of hydrogen-bond donors (Lipinski definition) is 0. The lowest BCUT2D eigenvalue weighted by Crippen LogP contribution is -2.18. The molecule has 2 aliphatic carbocycles. The lowest BCUT2D eigenvalue weighted by Gasteiger charge is -2.29. The van der Waals surface area contributed by atoms with Gasteiger partial charge in [-0.05, 0) is 37.0 Å². The van der Waals surface area contributed by atoms with Gasteiger partial charge in [-0.15, -0.1) is 0 Å². The van der Waals surface area contributed by atoms with Crippen LogP contribution >= 0.6 is 0 Å². The predicted octanol–water partition coefficient (Wildman–Crippen LogP) is 4.00. The minimum absolute atomic E-state index is 1.13. The molecule has 0 heterocycles. The minimum atomic E-state index is 1.13. The van der Waals surface area contributed by atoms with Crippen molar-refractivity contribution in [2.24, 2.45) is 17.8 Å². The molecule has 0 N–H and O–H groups in total. The first-order valence-corrected chi connectivity index (χ1v) is 5.92. The molecule has 2 saturated carbocycles. The van der Waals surface area contributed by atoms with Crippen LogP contribution in [0, 0.1) is 17.8 Å². The van der Waals surface area contributed by atoms with E-state index >= 15 is 0 Å². The SMILES string of the molecule is CCCC1CCC2CCCCC12. The zero-order chi connectivity index (χ0) is 8.39. The molecule has 70 valence electrons.